The number of rotatable bonds is 3. The number of hydrogen-bond acceptors (Lipinski definition) is 4. The molecule has 0 bridgehead atoms. The zero-order valence-corrected chi connectivity index (χ0v) is 18.2. The molecule has 0 saturated carbocycles. The molecule has 0 aliphatic carbocycles. The Morgan fingerprint density at radius 2 is 1.86 bits per heavy atom. The fraction of sp³-hybridized carbons (Fsp3) is 0.0870. The molecular weight excluding hydrogens is 446 g/mol. The largest absolute Gasteiger partial charge is 0.312 e. The Hall–Kier alpha value is -3.01. The summed E-state index contributed by atoms with van der Waals surface area (Å²) in [5.41, 5.74) is 4.35. The number of fused-ring (bicyclic) bond motifs is 1. The maximum absolute atomic E-state index is 13.2. The van der Waals surface area contributed by atoms with Crippen molar-refractivity contribution >= 4 is 49.1 Å². The molecule has 0 unspecified atom stereocenters. The van der Waals surface area contributed by atoms with Gasteiger partial charge in [0.25, 0.3) is 5.91 Å². The van der Waals surface area contributed by atoms with Crippen LogP contribution in [0.4, 0.5) is 5.00 Å². The van der Waals surface area contributed by atoms with Crippen LogP contribution in [0.25, 0.3) is 22.2 Å². The Bertz CT molecular complexity index is 1290. The van der Waals surface area contributed by atoms with Gasteiger partial charge in [0.2, 0.25) is 0 Å². The number of para-hydroxylation sites is 1. The van der Waals surface area contributed by atoms with Crippen LogP contribution in [0.3, 0.4) is 0 Å². The molecular formula is C23H16BrN3OS. The van der Waals surface area contributed by atoms with E-state index in [1.165, 1.54) is 11.3 Å². The molecule has 0 aliphatic rings. The number of thiophene rings is 1. The van der Waals surface area contributed by atoms with Crippen LogP contribution >= 0.6 is 27.3 Å². The lowest BCUT2D eigenvalue weighted by atomic mass is 10.0. The second-order valence-electron chi connectivity index (χ2n) is 6.63. The van der Waals surface area contributed by atoms with Crippen LogP contribution in [0.1, 0.15) is 26.4 Å². The van der Waals surface area contributed by atoms with Crippen molar-refractivity contribution in [2.45, 2.75) is 13.8 Å². The number of amides is 1. The third-order valence-corrected chi connectivity index (χ3v) is 6.48. The van der Waals surface area contributed by atoms with Gasteiger partial charge in [-0.25, -0.2) is 4.98 Å². The number of nitriles is 1. The first-order valence-corrected chi connectivity index (χ1v) is 10.6. The lowest BCUT2D eigenvalue weighted by Gasteiger charge is -2.10. The van der Waals surface area contributed by atoms with E-state index in [4.69, 9.17) is 4.98 Å². The smallest absolute Gasteiger partial charge is 0.257 e. The van der Waals surface area contributed by atoms with Crippen LogP contribution in [-0.4, -0.2) is 10.9 Å². The van der Waals surface area contributed by atoms with Crippen molar-refractivity contribution in [3.05, 3.63) is 80.6 Å². The van der Waals surface area contributed by atoms with Crippen LogP contribution in [0.5, 0.6) is 0 Å². The van der Waals surface area contributed by atoms with Crippen LogP contribution in [0.15, 0.2) is 59.1 Å². The molecule has 0 atom stereocenters. The first-order valence-electron chi connectivity index (χ1n) is 8.95. The number of nitrogens with zero attached hydrogens (tertiary/aromatic N) is 2. The van der Waals surface area contributed by atoms with Gasteiger partial charge in [0, 0.05) is 20.3 Å². The molecule has 4 rings (SSSR count). The third-order valence-electron chi connectivity index (χ3n) is 4.82. The topological polar surface area (TPSA) is 65.8 Å². The highest BCUT2D eigenvalue weighted by atomic mass is 79.9. The molecule has 0 fully saturated rings. The maximum Gasteiger partial charge on any atom is 0.257 e. The second kappa shape index (κ2) is 7.78. The highest BCUT2D eigenvalue weighted by Gasteiger charge is 2.18. The summed E-state index contributed by atoms with van der Waals surface area (Å²) >= 11 is 4.87. The van der Waals surface area contributed by atoms with E-state index in [0.717, 1.165) is 37.1 Å². The summed E-state index contributed by atoms with van der Waals surface area (Å²) in [7, 11) is 0. The number of nitrogens with one attached hydrogen (secondary N) is 1. The number of benzene rings is 2. The van der Waals surface area contributed by atoms with Gasteiger partial charge >= 0.3 is 0 Å². The average molecular weight is 462 g/mol. The molecule has 6 heteroatoms. The standard InChI is InChI=1S/C23H16BrN3OS/c1-13-14(2)29-23(19(13)12-25)27-22(28)18-11-21(15-7-9-16(24)10-8-15)26-20-6-4-3-5-17(18)20/h3-11H,1-2H3,(H,27,28). The van der Waals surface area contributed by atoms with E-state index in [1.807, 2.05) is 62.4 Å². The fourth-order valence-electron chi connectivity index (χ4n) is 3.15. The van der Waals surface area contributed by atoms with Gasteiger partial charge in [-0.15, -0.1) is 11.3 Å². The lowest BCUT2D eigenvalue weighted by Crippen LogP contribution is -2.13. The summed E-state index contributed by atoms with van der Waals surface area (Å²) < 4.78 is 0.979. The van der Waals surface area contributed by atoms with Crippen molar-refractivity contribution in [1.82, 2.24) is 4.98 Å². The van der Waals surface area contributed by atoms with Gasteiger partial charge in [0.05, 0.1) is 22.3 Å². The summed E-state index contributed by atoms with van der Waals surface area (Å²) in [6, 6.07) is 19.4. The third kappa shape index (κ3) is 3.67. The maximum atomic E-state index is 13.2. The minimum atomic E-state index is -0.250. The lowest BCUT2D eigenvalue weighted by molar-refractivity contribution is 0.102. The van der Waals surface area contributed by atoms with Gasteiger partial charge < -0.3 is 5.32 Å². The highest BCUT2D eigenvalue weighted by Crippen LogP contribution is 2.33. The normalized spacial score (nSPS) is 10.7. The Morgan fingerprint density at radius 1 is 1.14 bits per heavy atom. The van der Waals surface area contributed by atoms with Crippen molar-refractivity contribution in [1.29, 1.82) is 5.26 Å². The Labute approximate surface area is 181 Å². The summed E-state index contributed by atoms with van der Waals surface area (Å²) in [6.45, 7) is 3.84. The average Bonchev–Trinajstić information content (AvgIpc) is 3.00. The van der Waals surface area contributed by atoms with Crippen molar-refractivity contribution in [3.63, 3.8) is 0 Å². The SMILES string of the molecule is Cc1sc(NC(=O)c2cc(-c3ccc(Br)cc3)nc3ccccc23)c(C#N)c1C. The van der Waals surface area contributed by atoms with Gasteiger partial charge in [-0.2, -0.15) is 5.26 Å². The van der Waals surface area contributed by atoms with Gasteiger partial charge in [-0.05, 0) is 43.7 Å². The quantitative estimate of drug-likeness (QED) is 0.380. The van der Waals surface area contributed by atoms with E-state index in [9.17, 15) is 10.1 Å². The van der Waals surface area contributed by atoms with E-state index in [-0.39, 0.29) is 5.91 Å². The van der Waals surface area contributed by atoms with Crippen molar-refractivity contribution in [2.75, 3.05) is 5.32 Å². The second-order valence-corrected chi connectivity index (χ2v) is 8.77. The summed E-state index contributed by atoms with van der Waals surface area (Å²) in [6.07, 6.45) is 0. The molecule has 4 aromatic rings. The van der Waals surface area contributed by atoms with Crippen LogP contribution in [0, 0.1) is 25.2 Å². The molecule has 1 N–H and O–H groups in total. The molecule has 1 amide bonds. The Balaban J connectivity index is 1.82. The molecule has 29 heavy (non-hydrogen) atoms. The van der Waals surface area contributed by atoms with E-state index < -0.39 is 0 Å². The number of halogens is 1. The number of carbonyl (C=O) groups is 1. The van der Waals surface area contributed by atoms with Gasteiger partial charge in [-0.3, -0.25) is 4.79 Å². The number of anilines is 1. The van der Waals surface area contributed by atoms with Gasteiger partial charge in [-0.1, -0.05) is 46.3 Å². The predicted molar refractivity (Wildman–Crippen MR) is 121 cm³/mol. The molecule has 0 spiro atoms. The zero-order chi connectivity index (χ0) is 20.5. The molecule has 2 aromatic heterocycles. The van der Waals surface area contributed by atoms with Crippen molar-refractivity contribution < 1.29 is 4.79 Å². The minimum Gasteiger partial charge on any atom is -0.312 e. The summed E-state index contributed by atoms with van der Waals surface area (Å²) in [4.78, 5) is 19.0. The van der Waals surface area contributed by atoms with E-state index in [1.54, 1.807) is 6.07 Å². The molecule has 0 aliphatic heterocycles. The molecule has 0 radical (unpaired) electrons. The Kier molecular flexibility index (Phi) is 5.18. The zero-order valence-electron chi connectivity index (χ0n) is 15.8. The summed E-state index contributed by atoms with van der Waals surface area (Å²) in [5, 5.41) is 13.8. The monoisotopic (exact) mass is 461 g/mol. The number of aryl methyl sites for hydroxylation is 1. The highest BCUT2D eigenvalue weighted by molar-refractivity contribution is 9.10. The molecule has 0 saturated heterocycles. The molecule has 2 aromatic carbocycles. The number of hydrogen-bond donors (Lipinski definition) is 1. The van der Waals surface area contributed by atoms with E-state index in [2.05, 4.69) is 27.3 Å². The van der Waals surface area contributed by atoms with Crippen LogP contribution < -0.4 is 5.32 Å². The van der Waals surface area contributed by atoms with Gasteiger partial charge in [0.1, 0.15) is 11.1 Å². The fourth-order valence-corrected chi connectivity index (χ4v) is 4.42. The van der Waals surface area contributed by atoms with Crippen LogP contribution in [-0.2, 0) is 0 Å². The molecule has 142 valence electrons. The summed E-state index contributed by atoms with van der Waals surface area (Å²) in [5.74, 6) is -0.250. The predicted octanol–water partition coefficient (Wildman–Crippen LogP) is 6.47. The van der Waals surface area contributed by atoms with Crippen molar-refractivity contribution in [3.8, 4) is 17.3 Å². The molecule has 2 heterocycles. The van der Waals surface area contributed by atoms with Crippen molar-refractivity contribution in [2.24, 2.45) is 0 Å². The van der Waals surface area contributed by atoms with Gasteiger partial charge in [0.15, 0.2) is 0 Å². The first-order chi connectivity index (χ1) is 14.0. The Morgan fingerprint density at radius 3 is 2.59 bits per heavy atom. The number of aromatic nitrogens is 1. The number of carbonyl (C=O) groups excluding carboxylic acids is 1. The van der Waals surface area contributed by atoms with E-state index >= 15 is 0 Å². The minimum absolute atomic E-state index is 0.250. The van der Waals surface area contributed by atoms with E-state index in [0.29, 0.717) is 16.1 Å². The van der Waals surface area contributed by atoms with Crippen LogP contribution in [0.2, 0.25) is 0 Å². The number of pyridine rings is 1. The first kappa shape index (κ1) is 19.3. The molecule has 4 nitrogen and oxygen atoms in total.